The van der Waals surface area contributed by atoms with Crippen molar-refractivity contribution >= 4 is 11.8 Å². The van der Waals surface area contributed by atoms with Crippen molar-refractivity contribution in [3.05, 3.63) is 35.8 Å². The summed E-state index contributed by atoms with van der Waals surface area (Å²) in [4.78, 5) is 25.1. The van der Waals surface area contributed by atoms with E-state index in [0.717, 1.165) is 19.3 Å². The fraction of sp³-hybridized carbons (Fsp3) is 0.467. The van der Waals surface area contributed by atoms with E-state index in [1.54, 1.807) is 26.2 Å². The Balaban J connectivity index is 1.86. The first-order chi connectivity index (χ1) is 9.58. The normalized spacial score (nSPS) is 17.8. The second-order valence-electron chi connectivity index (χ2n) is 5.16. The quantitative estimate of drug-likeness (QED) is 0.855. The molecule has 0 radical (unpaired) electrons. The van der Waals surface area contributed by atoms with E-state index in [-0.39, 0.29) is 17.7 Å². The number of nitrogens with zero attached hydrogens (tertiary/aromatic N) is 1. The largest absolute Gasteiger partial charge is 0.454 e. The predicted octanol–water partition coefficient (Wildman–Crippen LogP) is 1.95. The van der Waals surface area contributed by atoms with Crippen LogP contribution in [0.2, 0.25) is 0 Å². The van der Waals surface area contributed by atoms with Crippen LogP contribution in [0, 0.1) is 5.92 Å². The molecule has 0 spiro atoms. The Morgan fingerprint density at radius 3 is 2.80 bits per heavy atom. The summed E-state index contributed by atoms with van der Waals surface area (Å²) in [5.41, 5.74) is 0. The third-order valence-corrected chi connectivity index (χ3v) is 3.36. The van der Waals surface area contributed by atoms with Gasteiger partial charge < -0.3 is 14.6 Å². The van der Waals surface area contributed by atoms with Crippen molar-refractivity contribution in [2.75, 3.05) is 14.1 Å². The summed E-state index contributed by atoms with van der Waals surface area (Å²) in [6, 6.07) is 3.35. The van der Waals surface area contributed by atoms with Gasteiger partial charge in [-0.25, -0.2) is 0 Å². The first kappa shape index (κ1) is 14.4. The molecule has 108 valence electrons. The summed E-state index contributed by atoms with van der Waals surface area (Å²) in [5, 5.41) is 2.86. The highest BCUT2D eigenvalue weighted by atomic mass is 16.4. The van der Waals surface area contributed by atoms with Gasteiger partial charge in [0.1, 0.15) is 5.76 Å². The number of hydrogen-bond acceptors (Lipinski definition) is 3. The van der Waals surface area contributed by atoms with Crippen molar-refractivity contribution in [1.82, 2.24) is 10.2 Å². The number of furan rings is 1. The van der Waals surface area contributed by atoms with Crippen molar-refractivity contribution in [2.45, 2.75) is 25.8 Å². The predicted molar refractivity (Wildman–Crippen MR) is 75.1 cm³/mol. The van der Waals surface area contributed by atoms with Gasteiger partial charge in [-0.15, -0.1) is 0 Å². The van der Waals surface area contributed by atoms with E-state index in [0.29, 0.717) is 18.1 Å². The van der Waals surface area contributed by atoms with Crippen LogP contribution in [0.1, 0.15) is 35.6 Å². The highest BCUT2D eigenvalue weighted by molar-refractivity contribution is 5.91. The fourth-order valence-corrected chi connectivity index (χ4v) is 2.16. The molecule has 0 aliphatic heterocycles. The van der Waals surface area contributed by atoms with Gasteiger partial charge in [-0.1, -0.05) is 12.2 Å². The van der Waals surface area contributed by atoms with Gasteiger partial charge in [0.25, 0.3) is 5.91 Å². The summed E-state index contributed by atoms with van der Waals surface area (Å²) in [6.45, 7) is 0.319. The minimum Gasteiger partial charge on any atom is -0.454 e. The number of amides is 2. The Morgan fingerprint density at radius 1 is 1.35 bits per heavy atom. The van der Waals surface area contributed by atoms with Crippen LogP contribution in [-0.4, -0.2) is 30.8 Å². The summed E-state index contributed by atoms with van der Waals surface area (Å²) in [7, 11) is 3.34. The van der Waals surface area contributed by atoms with Crippen LogP contribution in [-0.2, 0) is 11.3 Å². The van der Waals surface area contributed by atoms with Gasteiger partial charge >= 0.3 is 0 Å². The molecular weight excluding hydrogens is 256 g/mol. The van der Waals surface area contributed by atoms with Gasteiger partial charge in [-0.2, -0.15) is 0 Å². The topological polar surface area (TPSA) is 62.6 Å². The first-order valence-corrected chi connectivity index (χ1v) is 6.81. The van der Waals surface area contributed by atoms with E-state index < -0.39 is 0 Å². The maximum atomic E-state index is 12.0. The smallest absolute Gasteiger partial charge is 0.289 e. The summed E-state index contributed by atoms with van der Waals surface area (Å²) in [5.74, 6) is 0.804. The molecule has 2 amide bonds. The SMILES string of the molecule is CN(C)C(=O)c1ccc(CNC(=O)[C@@H]2CC=CCC2)o1. The van der Waals surface area contributed by atoms with Crippen LogP contribution in [0.5, 0.6) is 0 Å². The molecule has 0 saturated carbocycles. The highest BCUT2D eigenvalue weighted by Gasteiger charge is 2.19. The number of rotatable bonds is 4. The maximum Gasteiger partial charge on any atom is 0.289 e. The molecule has 5 nitrogen and oxygen atoms in total. The molecule has 1 heterocycles. The van der Waals surface area contributed by atoms with E-state index >= 15 is 0 Å². The van der Waals surface area contributed by atoms with Crippen LogP contribution in [0.15, 0.2) is 28.7 Å². The zero-order valence-corrected chi connectivity index (χ0v) is 11.9. The molecule has 0 unspecified atom stereocenters. The maximum absolute atomic E-state index is 12.0. The lowest BCUT2D eigenvalue weighted by atomic mass is 9.94. The second-order valence-corrected chi connectivity index (χ2v) is 5.16. The minimum atomic E-state index is -0.181. The van der Waals surface area contributed by atoms with Crippen LogP contribution in [0.25, 0.3) is 0 Å². The van der Waals surface area contributed by atoms with E-state index in [1.165, 1.54) is 4.90 Å². The second kappa shape index (κ2) is 6.41. The molecule has 0 bridgehead atoms. The zero-order valence-electron chi connectivity index (χ0n) is 11.9. The van der Waals surface area contributed by atoms with Crippen LogP contribution in [0.4, 0.5) is 0 Å². The Bertz CT molecular complexity index is 517. The Hall–Kier alpha value is -2.04. The zero-order chi connectivity index (χ0) is 14.5. The molecule has 0 aromatic carbocycles. The van der Waals surface area contributed by atoms with Gasteiger partial charge in [0.2, 0.25) is 5.91 Å². The van der Waals surface area contributed by atoms with Crippen LogP contribution in [0.3, 0.4) is 0 Å². The Labute approximate surface area is 118 Å². The van der Waals surface area contributed by atoms with E-state index in [4.69, 9.17) is 4.42 Å². The molecule has 0 saturated heterocycles. The van der Waals surface area contributed by atoms with Crippen LogP contribution >= 0.6 is 0 Å². The lowest BCUT2D eigenvalue weighted by Gasteiger charge is -2.16. The van der Waals surface area contributed by atoms with E-state index in [1.807, 2.05) is 0 Å². The molecule has 1 aliphatic carbocycles. The van der Waals surface area contributed by atoms with Crippen molar-refractivity contribution < 1.29 is 14.0 Å². The monoisotopic (exact) mass is 276 g/mol. The van der Waals surface area contributed by atoms with Crippen molar-refractivity contribution in [3.8, 4) is 0 Å². The molecule has 1 aromatic heterocycles. The third-order valence-electron chi connectivity index (χ3n) is 3.36. The molecule has 1 aliphatic rings. The molecule has 5 heteroatoms. The first-order valence-electron chi connectivity index (χ1n) is 6.81. The molecule has 1 N–H and O–H groups in total. The molecular formula is C15H20N2O3. The third kappa shape index (κ3) is 3.50. The van der Waals surface area contributed by atoms with Crippen molar-refractivity contribution in [2.24, 2.45) is 5.92 Å². The number of carbonyl (C=O) groups is 2. The molecule has 2 rings (SSSR count). The number of hydrogen-bond donors (Lipinski definition) is 1. The number of allylic oxidation sites excluding steroid dienone is 2. The molecule has 0 fully saturated rings. The van der Waals surface area contributed by atoms with Gasteiger partial charge in [-0.3, -0.25) is 9.59 Å². The van der Waals surface area contributed by atoms with E-state index in [9.17, 15) is 9.59 Å². The lowest BCUT2D eigenvalue weighted by molar-refractivity contribution is -0.125. The van der Waals surface area contributed by atoms with E-state index in [2.05, 4.69) is 17.5 Å². The van der Waals surface area contributed by atoms with Crippen molar-refractivity contribution in [1.29, 1.82) is 0 Å². The molecule has 1 aromatic rings. The number of carbonyl (C=O) groups excluding carboxylic acids is 2. The minimum absolute atomic E-state index is 0.0474. The highest BCUT2D eigenvalue weighted by Crippen LogP contribution is 2.18. The molecule has 1 atom stereocenters. The average Bonchev–Trinajstić information content (AvgIpc) is 2.93. The average molecular weight is 276 g/mol. The summed E-state index contributed by atoms with van der Waals surface area (Å²) in [6.07, 6.45) is 6.81. The Morgan fingerprint density at radius 2 is 2.15 bits per heavy atom. The van der Waals surface area contributed by atoms with Gasteiger partial charge in [0, 0.05) is 20.0 Å². The number of nitrogens with one attached hydrogen (secondary N) is 1. The van der Waals surface area contributed by atoms with Gasteiger partial charge in [0.05, 0.1) is 6.54 Å². The van der Waals surface area contributed by atoms with Crippen LogP contribution < -0.4 is 5.32 Å². The standard InChI is InChI=1S/C15H20N2O3/c1-17(2)15(19)13-9-8-12(20-13)10-16-14(18)11-6-4-3-5-7-11/h3-4,8-9,11H,5-7,10H2,1-2H3,(H,16,18)/t11-/m1/s1. The fourth-order valence-electron chi connectivity index (χ4n) is 2.16. The van der Waals surface area contributed by atoms with Crippen molar-refractivity contribution in [3.63, 3.8) is 0 Å². The molecule has 20 heavy (non-hydrogen) atoms. The van der Waals surface area contributed by atoms with Gasteiger partial charge in [-0.05, 0) is 31.4 Å². The summed E-state index contributed by atoms with van der Waals surface area (Å²) >= 11 is 0. The Kier molecular flexibility index (Phi) is 4.61. The summed E-state index contributed by atoms with van der Waals surface area (Å²) < 4.78 is 5.42. The van der Waals surface area contributed by atoms with Gasteiger partial charge in [0.15, 0.2) is 5.76 Å². The lowest BCUT2D eigenvalue weighted by Crippen LogP contribution is -2.30.